The molecule has 3 aromatic rings. The van der Waals surface area contributed by atoms with E-state index in [2.05, 4.69) is 15.2 Å². The summed E-state index contributed by atoms with van der Waals surface area (Å²) in [7, 11) is 1.64. The third kappa shape index (κ3) is 8.76. The monoisotopic (exact) mass is 704 g/mol. The molecule has 1 amide bonds. The Kier molecular flexibility index (Phi) is 11.7. The lowest BCUT2D eigenvalue weighted by Crippen LogP contribution is -2.52. The molecule has 0 unspecified atom stereocenters. The summed E-state index contributed by atoms with van der Waals surface area (Å²) in [6, 6.07) is 1.23. The molecule has 1 aromatic heterocycles. The van der Waals surface area contributed by atoms with Crippen LogP contribution in [0.5, 0.6) is 0 Å². The zero-order valence-electron chi connectivity index (χ0n) is 28.0. The van der Waals surface area contributed by atoms with Crippen molar-refractivity contribution in [2.75, 3.05) is 26.7 Å². The minimum Gasteiger partial charge on any atom is -0.481 e. The first kappa shape index (κ1) is 37.1. The Bertz CT molecular complexity index is 1770. The molecule has 14 heteroatoms. The predicted molar refractivity (Wildman–Crippen MR) is 175 cm³/mol. The van der Waals surface area contributed by atoms with Crippen molar-refractivity contribution in [2.45, 2.75) is 89.1 Å². The Morgan fingerprint density at radius 2 is 1.78 bits per heavy atom. The van der Waals surface area contributed by atoms with Crippen LogP contribution in [0.4, 0.5) is 22.0 Å². The number of carboxylic acid groups (broad SMARTS) is 1. The largest absolute Gasteiger partial charge is 0.481 e. The number of nitrogens with one attached hydrogen (secondary N) is 1. The lowest BCUT2D eigenvalue weighted by Gasteiger charge is -2.38. The fourth-order valence-electron chi connectivity index (χ4n) is 6.90. The van der Waals surface area contributed by atoms with Crippen LogP contribution in [-0.2, 0) is 33.3 Å². The average Bonchev–Trinajstić information content (AvgIpc) is 3.01. The van der Waals surface area contributed by atoms with Gasteiger partial charge in [-0.15, -0.1) is 0 Å². The molecule has 0 spiro atoms. The van der Waals surface area contributed by atoms with Crippen LogP contribution in [0.25, 0.3) is 11.1 Å². The topological polar surface area (TPSA) is 114 Å². The van der Waals surface area contributed by atoms with Gasteiger partial charge in [-0.05, 0) is 84.7 Å². The van der Waals surface area contributed by atoms with Gasteiger partial charge in [0.1, 0.15) is 17.7 Å². The zero-order chi connectivity index (χ0) is 36.2. The van der Waals surface area contributed by atoms with Crippen molar-refractivity contribution in [2.24, 2.45) is 0 Å². The Hall–Kier alpha value is -4.17. The van der Waals surface area contributed by atoms with E-state index in [1.807, 2.05) is 0 Å². The molecule has 3 heterocycles. The number of aromatic nitrogens is 2. The molecule has 2 bridgehead atoms. The highest BCUT2D eigenvalue weighted by molar-refractivity contribution is 5.82. The van der Waals surface area contributed by atoms with Gasteiger partial charge in [-0.3, -0.25) is 19.1 Å². The first-order chi connectivity index (χ1) is 23.7. The van der Waals surface area contributed by atoms with Crippen molar-refractivity contribution >= 4 is 11.9 Å². The summed E-state index contributed by atoms with van der Waals surface area (Å²) in [5.41, 5.74) is -1.41. The molecule has 2 aliphatic rings. The quantitative estimate of drug-likeness (QED) is 0.284. The van der Waals surface area contributed by atoms with Crippen LogP contribution in [0.2, 0.25) is 0 Å². The molecule has 1 saturated heterocycles. The Morgan fingerprint density at radius 3 is 2.48 bits per heavy atom. The van der Waals surface area contributed by atoms with Gasteiger partial charge >= 0.3 is 17.8 Å². The van der Waals surface area contributed by atoms with Gasteiger partial charge in [0.25, 0.3) is 0 Å². The Balaban J connectivity index is 1.58. The SMILES string of the molecule is COC1CN(CCc2cnc(=O)n([C@H]3CCCCCCCc4cc(F)cc(C)c4-c4cc(c(F)c(C(F)(F)F)c4)[C@H](CC(=O)O)NC3=O)c2)C1. The van der Waals surface area contributed by atoms with Crippen molar-refractivity contribution in [1.29, 1.82) is 0 Å². The third-order valence-electron chi connectivity index (χ3n) is 9.55. The van der Waals surface area contributed by atoms with Gasteiger partial charge in [0.2, 0.25) is 5.91 Å². The standard InChI is InChI=1S/C36H41F5N4O5/c1-21-12-25(37)13-23-8-6-4-3-5-7-9-30(45-18-22(17-42-35(45)49)10-11-44-19-26(20-44)50-2)34(48)43-29(16-31(46)47)27-14-24(32(21)23)15-28(33(27)38)36(39,40)41/h12-15,17-18,26,29-30H,3-11,16,19-20H2,1-2H3,(H,43,48)(H,46,47)/t29-,30-/m0/s1. The Labute approximate surface area is 286 Å². The van der Waals surface area contributed by atoms with Gasteiger partial charge in [0, 0.05) is 44.7 Å². The summed E-state index contributed by atoms with van der Waals surface area (Å²) in [6.07, 6.45) is 1.20. The fraction of sp³-hybridized carbons (Fsp3) is 0.500. The molecule has 5 rings (SSSR count). The highest BCUT2D eigenvalue weighted by atomic mass is 19.4. The summed E-state index contributed by atoms with van der Waals surface area (Å²) in [6.45, 7) is 3.71. The highest BCUT2D eigenvalue weighted by Gasteiger charge is 2.38. The Morgan fingerprint density at radius 1 is 1.06 bits per heavy atom. The molecule has 2 aliphatic heterocycles. The van der Waals surface area contributed by atoms with Gasteiger partial charge in [0.15, 0.2) is 0 Å². The van der Waals surface area contributed by atoms with E-state index in [-0.39, 0.29) is 23.7 Å². The number of aliphatic carboxylic acids is 1. The van der Waals surface area contributed by atoms with Crippen molar-refractivity contribution in [3.8, 4) is 11.1 Å². The van der Waals surface area contributed by atoms with E-state index in [9.17, 15) is 37.1 Å². The summed E-state index contributed by atoms with van der Waals surface area (Å²) in [5, 5.41) is 12.3. The zero-order valence-corrected chi connectivity index (χ0v) is 28.0. The second kappa shape index (κ2) is 15.8. The van der Waals surface area contributed by atoms with E-state index in [0.717, 1.165) is 25.6 Å². The van der Waals surface area contributed by atoms with E-state index in [1.165, 1.54) is 36.0 Å². The lowest BCUT2D eigenvalue weighted by atomic mass is 9.87. The maximum absolute atomic E-state index is 15.9. The molecule has 0 saturated carbocycles. The van der Waals surface area contributed by atoms with Gasteiger partial charge in [0.05, 0.1) is 24.1 Å². The van der Waals surface area contributed by atoms with Crippen LogP contribution in [0.3, 0.4) is 0 Å². The number of nitrogens with zero attached hydrogens (tertiary/aromatic N) is 3. The van der Waals surface area contributed by atoms with Crippen molar-refractivity contribution < 1.29 is 41.4 Å². The number of ether oxygens (including phenoxy) is 1. The molecule has 2 atom stereocenters. The normalized spacial score (nSPS) is 19.8. The number of carbonyl (C=O) groups is 2. The maximum atomic E-state index is 15.9. The molecule has 0 radical (unpaired) electrons. The van der Waals surface area contributed by atoms with Gasteiger partial charge in [-0.2, -0.15) is 13.2 Å². The maximum Gasteiger partial charge on any atom is 0.419 e. The summed E-state index contributed by atoms with van der Waals surface area (Å²) >= 11 is 0. The number of benzene rings is 2. The number of rotatable bonds is 7. The van der Waals surface area contributed by atoms with Crippen molar-refractivity contribution in [1.82, 2.24) is 19.8 Å². The molecule has 50 heavy (non-hydrogen) atoms. The number of hydrogen-bond donors (Lipinski definition) is 2. The molecular formula is C36H41F5N4O5. The first-order valence-corrected chi connectivity index (χ1v) is 16.8. The number of likely N-dealkylation sites (tertiary alicyclic amines) is 1. The van der Waals surface area contributed by atoms with E-state index >= 15 is 4.39 Å². The van der Waals surface area contributed by atoms with Crippen LogP contribution in [0.1, 0.15) is 84.8 Å². The molecule has 270 valence electrons. The van der Waals surface area contributed by atoms with Crippen LogP contribution in [-0.4, -0.2) is 64.3 Å². The van der Waals surface area contributed by atoms with E-state index in [0.29, 0.717) is 67.8 Å². The summed E-state index contributed by atoms with van der Waals surface area (Å²) in [5.74, 6) is -4.65. The number of hydrogen-bond acceptors (Lipinski definition) is 6. The van der Waals surface area contributed by atoms with E-state index in [4.69, 9.17) is 4.74 Å². The van der Waals surface area contributed by atoms with Crippen molar-refractivity contribution in [3.05, 3.63) is 86.6 Å². The van der Waals surface area contributed by atoms with Crippen LogP contribution >= 0.6 is 0 Å². The number of amides is 1. The number of fused-ring (bicyclic) bond motifs is 4. The molecule has 2 aromatic carbocycles. The summed E-state index contributed by atoms with van der Waals surface area (Å²) < 4.78 is 80.0. The number of halogens is 5. The van der Waals surface area contributed by atoms with E-state index < -0.39 is 65.0 Å². The number of methoxy groups -OCH3 is 1. The van der Waals surface area contributed by atoms with Gasteiger partial charge in [-0.25, -0.2) is 18.6 Å². The lowest BCUT2D eigenvalue weighted by molar-refractivity contribution is -0.140. The minimum absolute atomic E-state index is 0.0818. The molecule has 1 fully saturated rings. The first-order valence-electron chi connectivity index (χ1n) is 16.8. The number of aryl methyl sites for hydroxylation is 2. The van der Waals surface area contributed by atoms with Crippen LogP contribution in [0.15, 0.2) is 41.5 Å². The fourth-order valence-corrected chi connectivity index (χ4v) is 6.90. The van der Waals surface area contributed by atoms with Crippen molar-refractivity contribution in [3.63, 3.8) is 0 Å². The predicted octanol–water partition coefficient (Wildman–Crippen LogP) is 6.16. The smallest absolute Gasteiger partial charge is 0.419 e. The van der Waals surface area contributed by atoms with Crippen LogP contribution < -0.4 is 11.0 Å². The third-order valence-corrected chi connectivity index (χ3v) is 9.55. The number of alkyl halides is 3. The second-order valence-electron chi connectivity index (χ2n) is 13.2. The second-order valence-corrected chi connectivity index (χ2v) is 13.2. The molecule has 2 N–H and O–H groups in total. The van der Waals surface area contributed by atoms with Gasteiger partial charge in [-0.1, -0.05) is 25.7 Å². The number of carbonyl (C=O) groups excluding carboxylic acids is 1. The molecule has 0 aliphatic carbocycles. The number of carboxylic acids is 1. The highest BCUT2D eigenvalue weighted by Crippen LogP contribution is 2.40. The van der Waals surface area contributed by atoms with Crippen LogP contribution in [0, 0.1) is 18.6 Å². The summed E-state index contributed by atoms with van der Waals surface area (Å²) in [4.78, 5) is 45.3. The molecule has 9 nitrogen and oxygen atoms in total. The minimum atomic E-state index is -5.18. The molecular weight excluding hydrogens is 663 g/mol. The van der Waals surface area contributed by atoms with Gasteiger partial charge < -0.3 is 15.2 Å². The van der Waals surface area contributed by atoms with E-state index in [1.54, 1.807) is 7.11 Å². The average molecular weight is 705 g/mol.